The van der Waals surface area contributed by atoms with Crippen LogP contribution in [0, 0.1) is 0 Å². The van der Waals surface area contributed by atoms with E-state index in [9.17, 15) is 5.11 Å². The van der Waals surface area contributed by atoms with Crippen molar-refractivity contribution in [2.75, 3.05) is 53.6 Å². The first kappa shape index (κ1) is 23.7. The number of hydrogen-bond acceptors (Lipinski definition) is 6. The van der Waals surface area contributed by atoms with Crippen molar-refractivity contribution in [3.05, 3.63) is 53.6 Å². The number of aromatic hydroxyl groups is 1. The number of guanidine groups is 1. The second kappa shape index (κ2) is 12.2. The number of rotatable bonds is 9. The Balaban J connectivity index is 1.74. The van der Waals surface area contributed by atoms with Gasteiger partial charge in [-0.1, -0.05) is 24.3 Å². The van der Waals surface area contributed by atoms with Crippen molar-refractivity contribution in [1.82, 2.24) is 15.5 Å². The van der Waals surface area contributed by atoms with Gasteiger partial charge in [-0.2, -0.15) is 0 Å². The lowest BCUT2D eigenvalue weighted by molar-refractivity contribution is 0.0170. The molecule has 8 heteroatoms. The summed E-state index contributed by atoms with van der Waals surface area (Å²) in [5.74, 6) is 2.11. The highest BCUT2D eigenvalue weighted by molar-refractivity contribution is 5.79. The highest BCUT2D eigenvalue weighted by Crippen LogP contribution is 2.29. The summed E-state index contributed by atoms with van der Waals surface area (Å²) in [7, 11) is 3.22. The molecule has 0 aromatic heterocycles. The van der Waals surface area contributed by atoms with E-state index in [4.69, 9.17) is 14.2 Å². The van der Waals surface area contributed by atoms with Crippen molar-refractivity contribution in [3.8, 4) is 17.2 Å². The molecule has 0 radical (unpaired) electrons. The zero-order valence-electron chi connectivity index (χ0n) is 19.1. The van der Waals surface area contributed by atoms with E-state index < -0.39 is 0 Å². The molecule has 0 aliphatic carbocycles. The summed E-state index contributed by atoms with van der Waals surface area (Å²) < 4.78 is 16.1. The molecule has 0 bridgehead atoms. The number of para-hydroxylation sites is 1. The van der Waals surface area contributed by atoms with Crippen LogP contribution in [0.25, 0.3) is 0 Å². The van der Waals surface area contributed by atoms with Crippen molar-refractivity contribution < 1.29 is 19.3 Å². The lowest BCUT2D eigenvalue weighted by Crippen LogP contribution is -2.46. The molecule has 8 nitrogen and oxygen atoms in total. The molecule has 1 fully saturated rings. The van der Waals surface area contributed by atoms with Crippen LogP contribution in [0.5, 0.6) is 17.2 Å². The van der Waals surface area contributed by atoms with E-state index in [1.165, 1.54) is 5.56 Å². The minimum Gasteiger partial charge on any atom is -0.504 e. The quantitative estimate of drug-likeness (QED) is 0.406. The number of ether oxygens (including phenoxy) is 3. The Hall–Kier alpha value is -2.97. The number of benzene rings is 2. The summed E-state index contributed by atoms with van der Waals surface area (Å²) in [6, 6.07) is 13.8. The third kappa shape index (κ3) is 6.27. The zero-order chi connectivity index (χ0) is 22.8. The molecule has 1 aliphatic rings. The molecule has 0 spiro atoms. The Kier molecular flexibility index (Phi) is 9.01. The Morgan fingerprint density at radius 2 is 1.84 bits per heavy atom. The fourth-order valence-electron chi connectivity index (χ4n) is 3.73. The van der Waals surface area contributed by atoms with Crippen LogP contribution in [0.2, 0.25) is 0 Å². The first-order valence-electron chi connectivity index (χ1n) is 11.0. The summed E-state index contributed by atoms with van der Waals surface area (Å²) in [4.78, 5) is 7.10. The molecule has 32 heavy (non-hydrogen) atoms. The molecular formula is C24H34N4O4. The van der Waals surface area contributed by atoms with E-state index in [1.54, 1.807) is 20.3 Å². The Morgan fingerprint density at radius 3 is 2.50 bits per heavy atom. The van der Waals surface area contributed by atoms with Crippen molar-refractivity contribution in [2.45, 2.75) is 19.5 Å². The minimum absolute atomic E-state index is 0.124. The molecule has 1 unspecified atom stereocenters. The molecule has 0 saturated carbocycles. The normalized spacial score (nSPS) is 15.8. The van der Waals surface area contributed by atoms with Crippen LogP contribution in [0.1, 0.15) is 24.1 Å². The SMILES string of the molecule is CCNC(=NCc1cccc(OC)c1O)NCC(c1ccc(OC)cc1)N1CCOCC1. The van der Waals surface area contributed by atoms with E-state index in [1.807, 2.05) is 31.2 Å². The monoisotopic (exact) mass is 442 g/mol. The number of phenolic OH excluding ortho intramolecular Hbond substituents is 1. The van der Waals surface area contributed by atoms with Gasteiger partial charge in [0.2, 0.25) is 0 Å². The summed E-state index contributed by atoms with van der Waals surface area (Å²) in [6.45, 7) is 7.01. The summed E-state index contributed by atoms with van der Waals surface area (Å²) >= 11 is 0. The zero-order valence-corrected chi connectivity index (χ0v) is 19.1. The van der Waals surface area contributed by atoms with Crippen molar-refractivity contribution in [2.24, 2.45) is 4.99 Å². The molecule has 2 aromatic rings. The van der Waals surface area contributed by atoms with E-state index in [0.29, 0.717) is 30.4 Å². The maximum atomic E-state index is 10.3. The molecule has 1 heterocycles. The third-order valence-electron chi connectivity index (χ3n) is 5.50. The highest BCUT2D eigenvalue weighted by Gasteiger charge is 2.23. The highest BCUT2D eigenvalue weighted by atomic mass is 16.5. The Morgan fingerprint density at radius 1 is 1.09 bits per heavy atom. The first-order chi connectivity index (χ1) is 15.7. The number of hydrogen-bond donors (Lipinski definition) is 3. The number of morpholine rings is 1. The number of phenols is 1. The maximum Gasteiger partial charge on any atom is 0.191 e. The molecule has 1 aliphatic heterocycles. The van der Waals surface area contributed by atoms with E-state index in [0.717, 1.165) is 38.6 Å². The topological polar surface area (TPSA) is 87.6 Å². The number of nitrogens with zero attached hydrogens (tertiary/aromatic N) is 2. The van der Waals surface area contributed by atoms with Crippen LogP contribution in [-0.4, -0.2) is 69.6 Å². The molecule has 1 atom stereocenters. The van der Waals surface area contributed by atoms with Gasteiger partial charge in [-0.05, 0) is 30.7 Å². The molecule has 3 rings (SSSR count). The van der Waals surface area contributed by atoms with Crippen LogP contribution in [0.4, 0.5) is 0 Å². The van der Waals surface area contributed by atoms with Crippen LogP contribution in [-0.2, 0) is 11.3 Å². The number of methoxy groups -OCH3 is 2. The van der Waals surface area contributed by atoms with Crippen LogP contribution >= 0.6 is 0 Å². The Labute approximate surface area is 190 Å². The van der Waals surface area contributed by atoms with E-state index in [2.05, 4.69) is 32.7 Å². The maximum absolute atomic E-state index is 10.3. The Bertz CT molecular complexity index is 867. The summed E-state index contributed by atoms with van der Waals surface area (Å²) in [5.41, 5.74) is 1.92. The van der Waals surface area contributed by atoms with Crippen LogP contribution in [0.3, 0.4) is 0 Å². The van der Waals surface area contributed by atoms with Gasteiger partial charge in [-0.3, -0.25) is 4.90 Å². The van der Waals surface area contributed by atoms with Crippen LogP contribution in [0.15, 0.2) is 47.5 Å². The lowest BCUT2D eigenvalue weighted by atomic mass is 10.0. The molecule has 2 aromatic carbocycles. The first-order valence-corrected chi connectivity index (χ1v) is 11.0. The fourth-order valence-corrected chi connectivity index (χ4v) is 3.73. The predicted octanol–water partition coefficient (Wildman–Crippen LogP) is 2.54. The van der Waals surface area contributed by atoms with Gasteiger partial charge in [0.1, 0.15) is 5.75 Å². The van der Waals surface area contributed by atoms with Crippen molar-refractivity contribution in [1.29, 1.82) is 0 Å². The average Bonchev–Trinajstić information content (AvgIpc) is 2.84. The van der Waals surface area contributed by atoms with Gasteiger partial charge in [0.15, 0.2) is 17.5 Å². The smallest absolute Gasteiger partial charge is 0.191 e. The molecule has 0 amide bonds. The largest absolute Gasteiger partial charge is 0.504 e. The molecule has 174 valence electrons. The second-order valence-corrected chi connectivity index (χ2v) is 7.48. The molecular weight excluding hydrogens is 408 g/mol. The van der Waals surface area contributed by atoms with Gasteiger partial charge < -0.3 is 30.0 Å². The van der Waals surface area contributed by atoms with Crippen molar-refractivity contribution in [3.63, 3.8) is 0 Å². The minimum atomic E-state index is 0.124. The van der Waals surface area contributed by atoms with E-state index >= 15 is 0 Å². The molecule has 3 N–H and O–H groups in total. The summed E-state index contributed by atoms with van der Waals surface area (Å²) in [5, 5.41) is 17.1. The summed E-state index contributed by atoms with van der Waals surface area (Å²) in [6.07, 6.45) is 0. The standard InChI is InChI=1S/C24H34N4O4/c1-4-25-24(26-16-19-6-5-7-22(31-3)23(19)29)27-17-21(28-12-14-32-15-13-28)18-8-10-20(30-2)11-9-18/h5-11,21,29H,4,12-17H2,1-3H3,(H2,25,26,27). The van der Waals surface area contributed by atoms with Gasteiger partial charge in [-0.25, -0.2) is 4.99 Å². The van der Waals surface area contributed by atoms with Gasteiger partial charge in [0, 0.05) is 31.7 Å². The van der Waals surface area contributed by atoms with E-state index in [-0.39, 0.29) is 11.8 Å². The average molecular weight is 443 g/mol. The second-order valence-electron chi connectivity index (χ2n) is 7.48. The lowest BCUT2D eigenvalue weighted by Gasteiger charge is -2.35. The van der Waals surface area contributed by atoms with Gasteiger partial charge in [-0.15, -0.1) is 0 Å². The fraction of sp³-hybridized carbons (Fsp3) is 0.458. The van der Waals surface area contributed by atoms with Gasteiger partial charge in [0.25, 0.3) is 0 Å². The third-order valence-corrected chi connectivity index (χ3v) is 5.50. The van der Waals surface area contributed by atoms with Gasteiger partial charge >= 0.3 is 0 Å². The van der Waals surface area contributed by atoms with Crippen LogP contribution < -0.4 is 20.1 Å². The van der Waals surface area contributed by atoms with Gasteiger partial charge in [0.05, 0.1) is 40.0 Å². The number of aliphatic imine (C=N–C) groups is 1. The molecule has 1 saturated heterocycles. The number of nitrogens with one attached hydrogen (secondary N) is 2. The predicted molar refractivity (Wildman–Crippen MR) is 126 cm³/mol. The van der Waals surface area contributed by atoms with Crippen molar-refractivity contribution >= 4 is 5.96 Å².